The molecule has 4 heteroatoms. The van der Waals surface area contributed by atoms with E-state index < -0.39 is 12.1 Å². The van der Waals surface area contributed by atoms with E-state index in [4.69, 9.17) is 9.47 Å². The van der Waals surface area contributed by atoms with Gasteiger partial charge >= 0.3 is 5.97 Å². The number of carbonyl (C=O) groups excluding carboxylic acids is 1. The van der Waals surface area contributed by atoms with Crippen LogP contribution in [0.5, 0.6) is 0 Å². The van der Waals surface area contributed by atoms with Crippen molar-refractivity contribution in [3.05, 3.63) is 12.7 Å². The van der Waals surface area contributed by atoms with Crippen molar-refractivity contribution in [2.24, 2.45) is 0 Å². The van der Waals surface area contributed by atoms with Gasteiger partial charge in [-0.15, -0.1) is 0 Å². The van der Waals surface area contributed by atoms with Crippen LogP contribution in [0.2, 0.25) is 0 Å². The summed E-state index contributed by atoms with van der Waals surface area (Å²) in [7, 11) is 0. The zero-order valence-electron chi connectivity index (χ0n) is 8.31. The highest BCUT2D eigenvalue weighted by Crippen LogP contribution is 2.22. The van der Waals surface area contributed by atoms with Gasteiger partial charge in [0, 0.05) is 12.5 Å². The Hall–Kier alpha value is -0.870. The summed E-state index contributed by atoms with van der Waals surface area (Å²) in [5, 5.41) is 9.42. The summed E-state index contributed by atoms with van der Waals surface area (Å²) in [6.45, 7) is 5.80. The quantitative estimate of drug-likeness (QED) is 0.388. The van der Waals surface area contributed by atoms with Crippen molar-refractivity contribution < 1.29 is 19.4 Å². The maximum atomic E-state index is 10.9. The molecule has 0 radical (unpaired) electrons. The average Bonchev–Trinajstić information content (AvgIpc) is 2.99. The van der Waals surface area contributed by atoms with E-state index in [2.05, 4.69) is 6.58 Å². The smallest absolute Gasteiger partial charge is 0.330 e. The highest BCUT2D eigenvalue weighted by atomic mass is 16.6. The monoisotopic (exact) mass is 200 g/mol. The van der Waals surface area contributed by atoms with Gasteiger partial charge in [-0.25, -0.2) is 4.79 Å². The molecule has 0 aromatic rings. The van der Waals surface area contributed by atoms with Gasteiger partial charge in [-0.2, -0.15) is 0 Å². The van der Waals surface area contributed by atoms with E-state index in [1.807, 2.05) is 6.92 Å². The summed E-state index contributed by atoms with van der Waals surface area (Å²) in [4.78, 5) is 10.9. The van der Waals surface area contributed by atoms with Gasteiger partial charge in [0.25, 0.3) is 0 Å². The molecule has 80 valence electrons. The van der Waals surface area contributed by atoms with Gasteiger partial charge in [0.2, 0.25) is 0 Å². The lowest BCUT2D eigenvalue weighted by molar-refractivity contribution is -0.145. The van der Waals surface area contributed by atoms with E-state index >= 15 is 0 Å². The first-order valence-corrected chi connectivity index (χ1v) is 4.80. The Morgan fingerprint density at radius 3 is 2.93 bits per heavy atom. The molecular formula is C10H16O4. The Morgan fingerprint density at radius 1 is 1.86 bits per heavy atom. The topological polar surface area (TPSA) is 59.1 Å². The maximum absolute atomic E-state index is 10.9. The third-order valence-corrected chi connectivity index (χ3v) is 2.18. The Kier molecular flexibility index (Phi) is 4.10. The molecule has 0 bridgehead atoms. The second-order valence-electron chi connectivity index (χ2n) is 3.35. The van der Waals surface area contributed by atoms with Crippen LogP contribution in [-0.4, -0.2) is 36.0 Å². The number of aliphatic hydroxyl groups is 1. The van der Waals surface area contributed by atoms with Gasteiger partial charge in [-0.3, -0.25) is 0 Å². The lowest BCUT2D eigenvalue weighted by Gasteiger charge is -2.17. The zero-order chi connectivity index (χ0) is 10.6. The molecule has 3 unspecified atom stereocenters. The number of hydrogen-bond donors (Lipinski definition) is 1. The summed E-state index contributed by atoms with van der Waals surface area (Å²) in [5.74, 6) is -0.464. The number of carbonyl (C=O) groups is 1. The van der Waals surface area contributed by atoms with E-state index in [9.17, 15) is 9.90 Å². The fourth-order valence-electron chi connectivity index (χ4n) is 1.18. The third kappa shape index (κ3) is 3.47. The highest BCUT2D eigenvalue weighted by molar-refractivity contribution is 5.81. The van der Waals surface area contributed by atoms with Gasteiger partial charge in [0.1, 0.15) is 12.2 Å². The van der Waals surface area contributed by atoms with Crippen LogP contribution in [0, 0.1) is 0 Å². The fourth-order valence-corrected chi connectivity index (χ4v) is 1.18. The van der Waals surface area contributed by atoms with Crippen LogP contribution in [0.3, 0.4) is 0 Å². The van der Waals surface area contributed by atoms with Crippen molar-refractivity contribution in [3.63, 3.8) is 0 Å². The van der Waals surface area contributed by atoms with Crippen LogP contribution < -0.4 is 0 Å². The number of ether oxygens (including phenoxy) is 2. The zero-order valence-corrected chi connectivity index (χ0v) is 8.31. The second-order valence-corrected chi connectivity index (χ2v) is 3.35. The summed E-state index contributed by atoms with van der Waals surface area (Å²) >= 11 is 0. The van der Waals surface area contributed by atoms with E-state index in [0.29, 0.717) is 19.4 Å². The van der Waals surface area contributed by atoms with Crippen LogP contribution >= 0.6 is 0 Å². The highest BCUT2D eigenvalue weighted by Gasteiger charge is 2.36. The molecule has 1 aliphatic heterocycles. The van der Waals surface area contributed by atoms with Gasteiger partial charge in [0.15, 0.2) is 0 Å². The van der Waals surface area contributed by atoms with E-state index in [-0.39, 0.29) is 12.2 Å². The minimum absolute atomic E-state index is 0.0416. The largest absolute Gasteiger partial charge is 0.456 e. The first-order chi connectivity index (χ1) is 6.67. The van der Waals surface area contributed by atoms with Crippen molar-refractivity contribution in [3.8, 4) is 0 Å². The Bertz CT molecular complexity index is 210. The molecule has 0 saturated carbocycles. The minimum Gasteiger partial charge on any atom is -0.456 e. The molecule has 0 aliphatic carbocycles. The standard InChI is InChI=1S/C10H16O4/c1-3-7(11)5-8(9-6-13-9)14-10(12)4-2/h4,7-9,11H,2-3,5-6H2,1H3. The first-order valence-electron chi connectivity index (χ1n) is 4.80. The molecule has 1 fully saturated rings. The average molecular weight is 200 g/mol. The second kappa shape index (κ2) is 5.12. The molecule has 14 heavy (non-hydrogen) atoms. The SMILES string of the molecule is C=CC(=O)OC(CC(O)CC)C1CO1. The molecule has 1 heterocycles. The number of aliphatic hydroxyl groups excluding tert-OH is 1. The predicted molar refractivity (Wildman–Crippen MR) is 50.7 cm³/mol. The molecule has 4 nitrogen and oxygen atoms in total. The number of rotatable bonds is 6. The van der Waals surface area contributed by atoms with Gasteiger partial charge in [-0.1, -0.05) is 13.5 Å². The molecule has 0 amide bonds. The van der Waals surface area contributed by atoms with Crippen LogP contribution in [0.25, 0.3) is 0 Å². The molecule has 0 spiro atoms. The molecule has 1 N–H and O–H groups in total. The Morgan fingerprint density at radius 2 is 2.50 bits per heavy atom. The number of hydrogen-bond acceptors (Lipinski definition) is 4. The minimum atomic E-state index is -0.464. The molecule has 0 aromatic heterocycles. The van der Waals surface area contributed by atoms with Crippen LogP contribution in [0.1, 0.15) is 19.8 Å². The Balaban J connectivity index is 2.38. The third-order valence-electron chi connectivity index (χ3n) is 2.18. The van der Waals surface area contributed by atoms with Crippen LogP contribution in [-0.2, 0) is 14.3 Å². The van der Waals surface area contributed by atoms with Crippen molar-refractivity contribution >= 4 is 5.97 Å². The number of epoxide rings is 1. The fraction of sp³-hybridized carbons (Fsp3) is 0.700. The molecular weight excluding hydrogens is 184 g/mol. The summed E-state index contributed by atoms with van der Waals surface area (Å²) in [6.07, 6.45) is 1.38. The first kappa shape index (κ1) is 11.2. The maximum Gasteiger partial charge on any atom is 0.330 e. The van der Waals surface area contributed by atoms with E-state index in [1.165, 1.54) is 0 Å². The predicted octanol–water partition coefficient (Wildman–Crippen LogP) is 0.644. The summed E-state index contributed by atoms with van der Waals surface area (Å²) in [5.41, 5.74) is 0. The number of esters is 1. The van der Waals surface area contributed by atoms with Crippen molar-refractivity contribution in [2.75, 3.05) is 6.61 Å². The molecule has 0 aromatic carbocycles. The lowest BCUT2D eigenvalue weighted by atomic mass is 10.1. The van der Waals surface area contributed by atoms with Crippen LogP contribution in [0.4, 0.5) is 0 Å². The lowest BCUT2D eigenvalue weighted by Crippen LogP contribution is -2.27. The molecule has 1 rings (SSSR count). The summed E-state index contributed by atoms with van der Waals surface area (Å²) < 4.78 is 10.1. The van der Waals surface area contributed by atoms with Crippen LogP contribution in [0.15, 0.2) is 12.7 Å². The Labute approximate surface area is 83.5 Å². The van der Waals surface area contributed by atoms with E-state index in [1.54, 1.807) is 0 Å². The van der Waals surface area contributed by atoms with Crippen molar-refractivity contribution in [1.29, 1.82) is 0 Å². The normalized spacial score (nSPS) is 23.7. The van der Waals surface area contributed by atoms with Gasteiger partial charge < -0.3 is 14.6 Å². The molecule has 1 aliphatic rings. The van der Waals surface area contributed by atoms with Gasteiger partial charge in [-0.05, 0) is 6.42 Å². The van der Waals surface area contributed by atoms with Crippen molar-refractivity contribution in [2.45, 2.75) is 38.1 Å². The van der Waals surface area contributed by atoms with Gasteiger partial charge in [0.05, 0.1) is 12.7 Å². The van der Waals surface area contributed by atoms with Crippen molar-refractivity contribution in [1.82, 2.24) is 0 Å². The molecule has 3 atom stereocenters. The summed E-state index contributed by atoms with van der Waals surface area (Å²) in [6, 6.07) is 0. The molecule has 1 saturated heterocycles. The van der Waals surface area contributed by atoms with E-state index in [0.717, 1.165) is 6.08 Å².